The lowest BCUT2D eigenvalue weighted by atomic mass is 10.0. The van der Waals surface area contributed by atoms with Gasteiger partial charge in [-0.25, -0.2) is 4.79 Å². The Morgan fingerprint density at radius 1 is 1.30 bits per heavy atom. The standard InChI is InChI=1S/C17H18N4O2/c1-11-10-21(17(22)23)12(2)9-20(11)15-6-5-13(8-18)16-14(15)4-3-7-19-16/h3-7,11-12H,9-10H2,1-2H3,(H,22,23)/t11-,12+/m0/s1. The minimum absolute atomic E-state index is 0.0543. The summed E-state index contributed by atoms with van der Waals surface area (Å²) in [5.74, 6) is 0. The second-order valence-corrected chi connectivity index (χ2v) is 5.93. The molecule has 1 aromatic carbocycles. The molecule has 1 aromatic heterocycles. The van der Waals surface area contributed by atoms with Gasteiger partial charge in [0.2, 0.25) is 0 Å². The third kappa shape index (κ3) is 2.55. The summed E-state index contributed by atoms with van der Waals surface area (Å²) in [4.78, 5) is 19.3. The number of pyridine rings is 1. The summed E-state index contributed by atoms with van der Waals surface area (Å²) in [6.07, 6.45) is 0.803. The number of amides is 1. The van der Waals surface area contributed by atoms with E-state index < -0.39 is 6.09 Å². The highest BCUT2D eigenvalue weighted by atomic mass is 16.4. The van der Waals surface area contributed by atoms with Crippen LogP contribution >= 0.6 is 0 Å². The first-order valence-electron chi connectivity index (χ1n) is 7.57. The Bertz CT molecular complexity index is 799. The summed E-state index contributed by atoms with van der Waals surface area (Å²) in [5, 5.41) is 19.5. The number of carbonyl (C=O) groups is 1. The van der Waals surface area contributed by atoms with E-state index in [0.717, 1.165) is 11.1 Å². The predicted octanol–water partition coefficient (Wildman–Crippen LogP) is 2.68. The number of aromatic nitrogens is 1. The van der Waals surface area contributed by atoms with Crippen LogP contribution in [0.5, 0.6) is 0 Å². The van der Waals surface area contributed by atoms with Crippen LogP contribution < -0.4 is 4.90 Å². The number of fused-ring (bicyclic) bond motifs is 1. The number of piperazine rings is 1. The van der Waals surface area contributed by atoms with E-state index in [2.05, 4.69) is 16.0 Å². The number of hydrogen-bond donors (Lipinski definition) is 1. The van der Waals surface area contributed by atoms with E-state index in [1.807, 2.05) is 32.0 Å². The molecule has 2 atom stereocenters. The van der Waals surface area contributed by atoms with Crippen molar-refractivity contribution < 1.29 is 9.90 Å². The van der Waals surface area contributed by atoms with Gasteiger partial charge in [-0.15, -0.1) is 0 Å². The number of rotatable bonds is 1. The molecule has 0 aliphatic carbocycles. The Kier molecular flexibility index (Phi) is 3.78. The molecule has 0 spiro atoms. The Morgan fingerprint density at radius 3 is 2.78 bits per heavy atom. The Balaban J connectivity index is 2.05. The molecule has 0 bridgehead atoms. The van der Waals surface area contributed by atoms with Gasteiger partial charge in [0.05, 0.1) is 11.1 Å². The number of carboxylic acid groups (broad SMARTS) is 1. The summed E-state index contributed by atoms with van der Waals surface area (Å²) >= 11 is 0. The first-order valence-corrected chi connectivity index (χ1v) is 7.57. The van der Waals surface area contributed by atoms with Crippen molar-refractivity contribution in [3.8, 4) is 6.07 Å². The van der Waals surface area contributed by atoms with Gasteiger partial charge in [0.1, 0.15) is 6.07 Å². The van der Waals surface area contributed by atoms with Crippen LogP contribution in [-0.4, -0.2) is 46.3 Å². The first kappa shape index (κ1) is 15.1. The zero-order chi connectivity index (χ0) is 16.6. The molecule has 1 aliphatic rings. The molecule has 2 heterocycles. The fraction of sp³-hybridized carbons (Fsp3) is 0.353. The van der Waals surface area contributed by atoms with Gasteiger partial charge in [0.25, 0.3) is 0 Å². The van der Waals surface area contributed by atoms with Gasteiger partial charge in [-0.3, -0.25) is 4.98 Å². The van der Waals surface area contributed by atoms with E-state index in [4.69, 9.17) is 0 Å². The van der Waals surface area contributed by atoms with Crippen molar-refractivity contribution in [2.24, 2.45) is 0 Å². The third-order valence-electron chi connectivity index (χ3n) is 4.41. The van der Waals surface area contributed by atoms with Crippen molar-refractivity contribution in [1.29, 1.82) is 5.26 Å². The van der Waals surface area contributed by atoms with Crippen LogP contribution in [0.25, 0.3) is 10.9 Å². The normalized spacial score (nSPS) is 21.3. The molecule has 23 heavy (non-hydrogen) atoms. The van der Waals surface area contributed by atoms with Gasteiger partial charge in [-0.2, -0.15) is 5.26 Å². The van der Waals surface area contributed by atoms with E-state index in [9.17, 15) is 15.2 Å². The van der Waals surface area contributed by atoms with Gasteiger partial charge in [0.15, 0.2) is 0 Å². The van der Waals surface area contributed by atoms with Gasteiger partial charge in [-0.05, 0) is 38.1 Å². The smallest absolute Gasteiger partial charge is 0.407 e. The average Bonchev–Trinajstić information content (AvgIpc) is 2.55. The topological polar surface area (TPSA) is 80.5 Å². The molecule has 1 fully saturated rings. The molecule has 118 valence electrons. The van der Waals surface area contributed by atoms with Crippen molar-refractivity contribution in [3.05, 3.63) is 36.0 Å². The van der Waals surface area contributed by atoms with Crippen LogP contribution in [0.1, 0.15) is 19.4 Å². The quantitative estimate of drug-likeness (QED) is 0.876. The first-order chi connectivity index (χ1) is 11.0. The molecular formula is C17H18N4O2. The minimum atomic E-state index is -0.879. The lowest BCUT2D eigenvalue weighted by molar-refractivity contribution is 0.114. The fourth-order valence-electron chi connectivity index (χ4n) is 3.23. The maximum atomic E-state index is 11.3. The van der Waals surface area contributed by atoms with Crippen LogP contribution in [0.3, 0.4) is 0 Å². The zero-order valence-electron chi connectivity index (χ0n) is 13.1. The monoisotopic (exact) mass is 310 g/mol. The second kappa shape index (κ2) is 5.76. The molecule has 3 rings (SSSR count). The van der Waals surface area contributed by atoms with Crippen molar-refractivity contribution in [1.82, 2.24) is 9.88 Å². The second-order valence-electron chi connectivity index (χ2n) is 5.93. The molecule has 1 saturated heterocycles. The molecule has 6 heteroatoms. The largest absolute Gasteiger partial charge is 0.465 e. The zero-order valence-corrected chi connectivity index (χ0v) is 13.1. The number of benzene rings is 1. The Hall–Kier alpha value is -2.81. The van der Waals surface area contributed by atoms with Crippen molar-refractivity contribution in [2.75, 3.05) is 18.0 Å². The van der Waals surface area contributed by atoms with Gasteiger partial charge < -0.3 is 14.9 Å². The average molecular weight is 310 g/mol. The van der Waals surface area contributed by atoms with Gasteiger partial charge in [-0.1, -0.05) is 0 Å². The van der Waals surface area contributed by atoms with Crippen LogP contribution in [0, 0.1) is 11.3 Å². The molecule has 1 amide bonds. The molecule has 1 aliphatic heterocycles. The molecular weight excluding hydrogens is 292 g/mol. The molecule has 2 aromatic rings. The minimum Gasteiger partial charge on any atom is -0.465 e. The summed E-state index contributed by atoms with van der Waals surface area (Å²) in [6, 6.07) is 9.67. The summed E-state index contributed by atoms with van der Waals surface area (Å²) in [7, 11) is 0. The summed E-state index contributed by atoms with van der Waals surface area (Å²) in [5.41, 5.74) is 2.23. The van der Waals surface area contributed by atoms with Crippen LogP contribution in [-0.2, 0) is 0 Å². The number of nitrogens with zero attached hydrogens (tertiary/aromatic N) is 4. The van der Waals surface area contributed by atoms with E-state index in [0.29, 0.717) is 24.2 Å². The number of nitriles is 1. The third-order valence-corrected chi connectivity index (χ3v) is 4.41. The Labute approximate surface area is 134 Å². The van der Waals surface area contributed by atoms with E-state index >= 15 is 0 Å². The molecule has 0 radical (unpaired) electrons. The Morgan fingerprint density at radius 2 is 2.09 bits per heavy atom. The molecule has 0 saturated carbocycles. The van der Waals surface area contributed by atoms with Crippen molar-refractivity contribution in [2.45, 2.75) is 25.9 Å². The van der Waals surface area contributed by atoms with E-state index in [1.165, 1.54) is 4.90 Å². The molecule has 1 N–H and O–H groups in total. The highest BCUT2D eigenvalue weighted by Crippen LogP contribution is 2.31. The highest BCUT2D eigenvalue weighted by Gasteiger charge is 2.32. The van der Waals surface area contributed by atoms with E-state index in [-0.39, 0.29) is 12.1 Å². The van der Waals surface area contributed by atoms with Crippen molar-refractivity contribution >= 4 is 22.7 Å². The predicted molar refractivity (Wildman–Crippen MR) is 87.5 cm³/mol. The molecule has 0 unspecified atom stereocenters. The lowest BCUT2D eigenvalue weighted by Gasteiger charge is -2.44. The maximum Gasteiger partial charge on any atom is 0.407 e. The number of hydrogen-bond acceptors (Lipinski definition) is 4. The SMILES string of the molecule is C[C@@H]1CN(c2ccc(C#N)c3ncccc23)[C@@H](C)CN1C(=O)O. The van der Waals surface area contributed by atoms with E-state index in [1.54, 1.807) is 12.3 Å². The number of anilines is 1. The van der Waals surface area contributed by atoms with Crippen LogP contribution in [0.15, 0.2) is 30.5 Å². The highest BCUT2D eigenvalue weighted by molar-refractivity contribution is 5.95. The maximum absolute atomic E-state index is 11.3. The van der Waals surface area contributed by atoms with Crippen molar-refractivity contribution in [3.63, 3.8) is 0 Å². The summed E-state index contributed by atoms with van der Waals surface area (Å²) < 4.78 is 0. The lowest BCUT2D eigenvalue weighted by Crippen LogP contribution is -2.58. The fourth-order valence-corrected chi connectivity index (χ4v) is 3.23. The molecule has 6 nitrogen and oxygen atoms in total. The van der Waals surface area contributed by atoms with Crippen LogP contribution in [0.2, 0.25) is 0 Å². The summed E-state index contributed by atoms with van der Waals surface area (Å²) in [6.45, 7) is 5.00. The van der Waals surface area contributed by atoms with Gasteiger partial charge in [0, 0.05) is 42.4 Å². The van der Waals surface area contributed by atoms with Gasteiger partial charge >= 0.3 is 6.09 Å². The van der Waals surface area contributed by atoms with Crippen LogP contribution in [0.4, 0.5) is 10.5 Å².